The molecule has 2 aromatic rings. The number of nitrogens with zero attached hydrogens (tertiary/aromatic N) is 1. The molecule has 1 atom stereocenters. The minimum absolute atomic E-state index is 0.356. The highest BCUT2D eigenvalue weighted by molar-refractivity contribution is 9.10. The average Bonchev–Trinajstić information content (AvgIpc) is 2.86. The van der Waals surface area contributed by atoms with Crippen LogP contribution in [0.3, 0.4) is 0 Å². The Balaban J connectivity index is 1.64. The first-order chi connectivity index (χ1) is 10.1. The number of halogens is 1. The Bertz CT molecular complexity index is 622. The number of rotatable bonds is 4. The van der Waals surface area contributed by atoms with Crippen molar-refractivity contribution >= 4 is 21.6 Å². The number of hydrogen-bond acceptors (Lipinski definition) is 2. The summed E-state index contributed by atoms with van der Waals surface area (Å²) in [6, 6.07) is 15.7. The number of fused-ring (bicyclic) bond motifs is 1. The molecule has 21 heavy (non-hydrogen) atoms. The Labute approximate surface area is 135 Å². The fourth-order valence-corrected chi connectivity index (χ4v) is 3.13. The highest BCUT2D eigenvalue weighted by Gasteiger charge is 2.15. The van der Waals surface area contributed by atoms with E-state index in [1.54, 1.807) is 0 Å². The summed E-state index contributed by atoms with van der Waals surface area (Å²) in [5.41, 5.74) is 5.56. The summed E-state index contributed by atoms with van der Waals surface area (Å²) in [7, 11) is 2.17. The maximum Gasteiger partial charge on any atom is 0.0397 e. The molecule has 0 aliphatic carbocycles. The molecular weight excluding hydrogens is 324 g/mol. The molecular formula is C18H21BrN2. The highest BCUT2D eigenvalue weighted by atomic mass is 79.9. The van der Waals surface area contributed by atoms with E-state index in [0.717, 1.165) is 17.6 Å². The van der Waals surface area contributed by atoms with Crippen molar-refractivity contribution in [1.82, 2.24) is 5.32 Å². The molecule has 0 fully saturated rings. The summed E-state index contributed by atoms with van der Waals surface area (Å²) in [5, 5.41) is 3.61. The molecule has 0 unspecified atom stereocenters. The van der Waals surface area contributed by atoms with Gasteiger partial charge in [0.2, 0.25) is 0 Å². The van der Waals surface area contributed by atoms with E-state index in [1.165, 1.54) is 28.8 Å². The second kappa shape index (κ2) is 6.20. The van der Waals surface area contributed by atoms with Crippen LogP contribution in [0.4, 0.5) is 5.69 Å². The lowest BCUT2D eigenvalue weighted by Gasteiger charge is -2.16. The lowest BCUT2D eigenvalue weighted by Crippen LogP contribution is -2.18. The molecule has 1 aliphatic heterocycles. The van der Waals surface area contributed by atoms with E-state index in [9.17, 15) is 0 Å². The van der Waals surface area contributed by atoms with Gasteiger partial charge in [-0.1, -0.05) is 40.2 Å². The van der Waals surface area contributed by atoms with Crippen molar-refractivity contribution in [2.24, 2.45) is 0 Å². The van der Waals surface area contributed by atoms with Crippen molar-refractivity contribution in [3.05, 3.63) is 63.6 Å². The Morgan fingerprint density at radius 1 is 1.19 bits per heavy atom. The molecule has 1 aliphatic rings. The quantitative estimate of drug-likeness (QED) is 0.889. The van der Waals surface area contributed by atoms with Gasteiger partial charge >= 0.3 is 0 Å². The molecule has 0 radical (unpaired) electrons. The van der Waals surface area contributed by atoms with Crippen molar-refractivity contribution < 1.29 is 0 Å². The van der Waals surface area contributed by atoms with Gasteiger partial charge in [-0.25, -0.2) is 0 Å². The fraction of sp³-hybridized carbons (Fsp3) is 0.333. The van der Waals surface area contributed by atoms with Crippen molar-refractivity contribution in [3.63, 3.8) is 0 Å². The third-order valence-electron chi connectivity index (χ3n) is 4.25. The first-order valence-electron chi connectivity index (χ1n) is 7.45. The largest absolute Gasteiger partial charge is 0.374 e. The second-order valence-electron chi connectivity index (χ2n) is 5.79. The van der Waals surface area contributed by atoms with E-state index in [4.69, 9.17) is 0 Å². The topological polar surface area (TPSA) is 15.3 Å². The monoisotopic (exact) mass is 344 g/mol. The van der Waals surface area contributed by atoms with Crippen LogP contribution in [0.5, 0.6) is 0 Å². The third-order valence-corrected chi connectivity index (χ3v) is 4.78. The maximum atomic E-state index is 3.61. The van der Waals surface area contributed by atoms with Crippen molar-refractivity contribution in [2.75, 3.05) is 18.5 Å². The number of likely N-dealkylation sites (N-methyl/N-ethyl adjacent to an activating group) is 1. The van der Waals surface area contributed by atoms with E-state index in [1.807, 2.05) is 0 Å². The van der Waals surface area contributed by atoms with E-state index >= 15 is 0 Å². The number of hydrogen-bond donors (Lipinski definition) is 1. The molecule has 3 rings (SSSR count). The van der Waals surface area contributed by atoms with Crippen LogP contribution in [-0.2, 0) is 13.0 Å². The predicted octanol–water partition coefficient (Wildman–Crippen LogP) is 4.29. The molecule has 0 aromatic heterocycles. The predicted molar refractivity (Wildman–Crippen MR) is 92.8 cm³/mol. The smallest absolute Gasteiger partial charge is 0.0397 e. The van der Waals surface area contributed by atoms with Crippen LogP contribution < -0.4 is 10.2 Å². The van der Waals surface area contributed by atoms with Gasteiger partial charge in [0.25, 0.3) is 0 Å². The maximum absolute atomic E-state index is 3.61. The van der Waals surface area contributed by atoms with Gasteiger partial charge in [-0.05, 0) is 48.2 Å². The van der Waals surface area contributed by atoms with E-state index in [0.29, 0.717) is 6.04 Å². The van der Waals surface area contributed by atoms with Gasteiger partial charge in [0.15, 0.2) is 0 Å². The number of benzene rings is 2. The van der Waals surface area contributed by atoms with Gasteiger partial charge in [0.1, 0.15) is 0 Å². The van der Waals surface area contributed by atoms with E-state index in [-0.39, 0.29) is 0 Å². The Morgan fingerprint density at radius 3 is 2.71 bits per heavy atom. The van der Waals surface area contributed by atoms with Crippen LogP contribution >= 0.6 is 15.9 Å². The molecule has 1 N–H and O–H groups in total. The second-order valence-corrected chi connectivity index (χ2v) is 6.70. The van der Waals surface area contributed by atoms with Crippen LogP contribution in [0.2, 0.25) is 0 Å². The lowest BCUT2D eigenvalue weighted by molar-refractivity contribution is 0.574. The summed E-state index contributed by atoms with van der Waals surface area (Å²) in [6.07, 6.45) is 1.17. The van der Waals surface area contributed by atoms with Crippen LogP contribution in [0.15, 0.2) is 46.9 Å². The average molecular weight is 345 g/mol. The minimum atomic E-state index is 0.356. The van der Waals surface area contributed by atoms with E-state index < -0.39 is 0 Å². The van der Waals surface area contributed by atoms with Crippen molar-refractivity contribution in [3.8, 4) is 0 Å². The number of nitrogens with one attached hydrogen (secondary N) is 1. The fourth-order valence-electron chi connectivity index (χ4n) is 2.87. The molecule has 0 spiro atoms. The standard InChI is InChI=1S/C18H21BrN2/c1-13(15-4-6-17(19)7-5-15)20-12-14-3-8-18-16(11-14)9-10-21(18)2/h3-8,11,13,20H,9-10,12H2,1-2H3/t13-/m0/s1. The summed E-state index contributed by atoms with van der Waals surface area (Å²) in [4.78, 5) is 2.33. The van der Waals surface area contributed by atoms with Gasteiger partial charge in [0.05, 0.1) is 0 Å². The summed E-state index contributed by atoms with van der Waals surface area (Å²) < 4.78 is 1.13. The van der Waals surface area contributed by atoms with Crippen molar-refractivity contribution in [2.45, 2.75) is 25.9 Å². The van der Waals surface area contributed by atoms with Crippen LogP contribution in [0.1, 0.15) is 29.7 Å². The minimum Gasteiger partial charge on any atom is -0.374 e. The summed E-state index contributed by atoms with van der Waals surface area (Å²) in [5.74, 6) is 0. The van der Waals surface area contributed by atoms with Crippen LogP contribution in [0, 0.1) is 0 Å². The van der Waals surface area contributed by atoms with Gasteiger partial charge in [-0.15, -0.1) is 0 Å². The van der Waals surface area contributed by atoms with Gasteiger partial charge in [-0.2, -0.15) is 0 Å². The molecule has 1 heterocycles. The van der Waals surface area contributed by atoms with Gasteiger partial charge in [0, 0.05) is 36.3 Å². The summed E-state index contributed by atoms with van der Waals surface area (Å²) >= 11 is 3.48. The van der Waals surface area contributed by atoms with Gasteiger partial charge < -0.3 is 10.2 Å². The Morgan fingerprint density at radius 2 is 1.95 bits per heavy atom. The van der Waals surface area contributed by atoms with Crippen LogP contribution in [0.25, 0.3) is 0 Å². The first-order valence-corrected chi connectivity index (χ1v) is 8.24. The molecule has 3 heteroatoms. The SMILES string of the molecule is C[C@H](NCc1ccc2c(c1)CCN2C)c1ccc(Br)cc1. The summed E-state index contributed by atoms with van der Waals surface area (Å²) in [6.45, 7) is 4.26. The molecule has 0 saturated carbocycles. The molecule has 110 valence electrons. The molecule has 0 bridgehead atoms. The lowest BCUT2D eigenvalue weighted by atomic mass is 10.1. The normalized spacial score (nSPS) is 15.1. The van der Waals surface area contributed by atoms with Crippen molar-refractivity contribution in [1.29, 1.82) is 0 Å². The molecule has 0 saturated heterocycles. The molecule has 2 nitrogen and oxygen atoms in total. The van der Waals surface area contributed by atoms with Gasteiger partial charge in [-0.3, -0.25) is 0 Å². The Kier molecular flexibility index (Phi) is 4.32. The zero-order chi connectivity index (χ0) is 14.8. The third kappa shape index (κ3) is 3.30. The zero-order valence-corrected chi connectivity index (χ0v) is 14.2. The highest BCUT2D eigenvalue weighted by Crippen LogP contribution is 2.27. The van der Waals surface area contributed by atoms with E-state index in [2.05, 4.69) is 82.6 Å². The molecule has 2 aromatic carbocycles. The zero-order valence-electron chi connectivity index (χ0n) is 12.6. The molecule has 0 amide bonds. The van der Waals surface area contributed by atoms with Crippen LogP contribution in [-0.4, -0.2) is 13.6 Å². The Hall–Kier alpha value is -1.32. The first kappa shape index (κ1) is 14.6. The number of anilines is 1.